The SMILES string of the molecule is CC(CCn1cncc1C1CCNC1)S(C)=O. The van der Waals surface area contributed by atoms with Crippen molar-refractivity contribution >= 4 is 10.8 Å². The maximum atomic E-state index is 11.3. The highest BCUT2D eigenvalue weighted by atomic mass is 32.2. The normalized spacial score (nSPS) is 23.8. The molecule has 4 nitrogen and oxygen atoms in total. The zero-order valence-corrected chi connectivity index (χ0v) is 11.4. The van der Waals surface area contributed by atoms with Gasteiger partial charge < -0.3 is 9.88 Å². The number of aryl methyl sites for hydroxylation is 1. The minimum atomic E-state index is -0.726. The number of hydrogen-bond acceptors (Lipinski definition) is 3. The molecule has 1 aliphatic rings. The van der Waals surface area contributed by atoms with Gasteiger partial charge in [-0.3, -0.25) is 4.21 Å². The van der Waals surface area contributed by atoms with E-state index >= 15 is 0 Å². The number of rotatable bonds is 5. The summed E-state index contributed by atoms with van der Waals surface area (Å²) in [5, 5.41) is 3.64. The summed E-state index contributed by atoms with van der Waals surface area (Å²) in [6.07, 6.45) is 7.80. The van der Waals surface area contributed by atoms with E-state index in [4.69, 9.17) is 0 Å². The van der Waals surface area contributed by atoms with Gasteiger partial charge >= 0.3 is 0 Å². The molecule has 3 atom stereocenters. The molecule has 0 spiro atoms. The van der Waals surface area contributed by atoms with Crippen LogP contribution in [0.5, 0.6) is 0 Å². The van der Waals surface area contributed by atoms with Crippen LogP contribution >= 0.6 is 0 Å². The monoisotopic (exact) mass is 255 g/mol. The molecule has 1 N–H and O–H groups in total. The molecule has 17 heavy (non-hydrogen) atoms. The van der Waals surface area contributed by atoms with Crippen LogP contribution in [0.25, 0.3) is 0 Å². The summed E-state index contributed by atoms with van der Waals surface area (Å²) >= 11 is 0. The summed E-state index contributed by atoms with van der Waals surface area (Å²) in [5.41, 5.74) is 1.32. The summed E-state index contributed by atoms with van der Waals surface area (Å²) in [6.45, 7) is 5.13. The van der Waals surface area contributed by atoms with Crippen molar-refractivity contribution in [3.63, 3.8) is 0 Å². The van der Waals surface area contributed by atoms with E-state index in [9.17, 15) is 4.21 Å². The van der Waals surface area contributed by atoms with Crippen molar-refractivity contribution in [1.29, 1.82) is 0 Å². The van der Waals surface area contributed by atoms with Crippen molar-refractivity contribution in [3.05, 3.63) is 18.2 Å². The van der Waals surface area contributed by atoms with Gasteiger partial charge in [0.1, 0.15) is 0 Å². The van der Waals surface area contributed by atoms with Crippen LogP contribution in [0.4, 0.5) is 0 Å². The van der Waals surface area contributed by atoms with Crippen LogP contribution in [-0.4, -0.2) is 38.4 Å². The quantitative estimate of drug-likeness (QED) is 0.857. The van der Waals surface area contributed by atoms with E-state index in [-0.39, 0.29) is 5.25 Å². The summed E-state index contributed by atoms with van der Waals surface area (Å²) < 4.78 is 13.5. The van der Waals surface area contributed by atoms with Gasteiger partial charge in [0.2, 0.25) is 0 Å². The van der Waals surface area contributed by atoms with E-state index < -0.39 is 10.8 Å². The summed E-state index contributed by atoms with van der Waals surface area (Å²) in [7, 11) is -0.726. The van der Waals surface area contributed by atoms with Gasteiger partial charge in [-0.25, -0.2) is 4.98 Å². The van der Waals surface area contributed by atoms with Gasteiger partial charge in [0.25, 0.3) is 0 Å². The highest BCUT2D eigenvalue weighted by Gasteiger charge is 2.20. The second-order valence-corrected chi connectivity index (χ2v) is 6.60. The Morgan fingerprint density at radius 1 is 1.71 bits per heavy atom. The zero-order valence-electron chi connectivity index (χ0n) is 10.6. The maximum absolute atomic E-state index is 11.3. The molecule has 0 amide bonds. The first kappa shape index (κ1) is 12.8. The lowest BCUT2D eigenvalue weighted by Crippen LogP contribution is -2.15. The highest BCUT2D eigenvalue weighted by Crippen LogP contribution is 2.22. The molecule has 2 heterocycles. The zero-order chi connectivity index (χ0) is 12.3. The average Bonchev–Trinajstić information content (AvgIpc) is 2.95. The third-order valence-corrected chi connectivity index (χ3v) is 4.94. The molecule has 1 aliphatic heterocycles. The first-order chi connectivity index (χ1) is 8.18. The van der Waals surface area contributed by atoms with Crippen molar-refractivity contribution in [2.24, 2.45) is 0 Å². The van der Waals surface area contributed by atoms with Gasteiger partial charge in [-0.05, 0) is 19.4 Å². The second kappa shape index (κ2) is 5.78. The molecule has 0 radical (unpaired) electrons. The standard InChI is InChI=1S/C12H21N3OS/c1-10(17(2)16)4-6-15-9-14-8-12(15)11-3-5-13-7-11/h8-11,13H,3-7H2,1-2H3. The molecule has 1 saturated heterocycles. The fourth-order valence-electron chi connectivity index (χ4n) is 2.25. The van der Waals surface area contributed by atoms with Gasteiger partial charge in [-0.15, -0.1) is 0 Å². The average molecular weight is 255 g/mol. The Balaban J connectivity index is 1.96. The van der Waals surface area contributed by atoms with Crippen molar-refractivity contribution in [1.82, 2.24) is 14.9 Å². The second-order valence-electron chi connectivity index (χ2n) is 4.80. The van der Waals surface area contributed by atoms with Crippen molar-refractivity contribution in [2.45, 2.75) is 37.5 Å². The van der Waals surface area contributed by atoms with Gasteiger partial charge in [0.05, 0.1) is 6.33 Å². The molecule has 1 fully saturated rings. The number of nitrogens with one attached hydrogen (secondary N) is 1. The summed E-state index contributed by atoms with van der Waals surface area (Å²) in [5.74, 6) is 0.597. The number of aromatic nitrogens is 2. The minimum absolute atomic E-state index is 0.256. The predicted octanol–water partition coefficient (Wildman–Crippen LogP) is 1.12. The third kappa shape index (κ3) is 3.16. The minimum Gasteiger partial charge on any atom is -0.334 e. The van der Waals surface area contributed by atoms with Gasteiger partial charge in [0.15, 0.2) is 0 Å². The maximum Gasteiger partial charge on any atom is 0.0948 e. The van der Waals surface area contributed by atoms with Crippen molar-refractivity contribution < 1.29 is 4.21 Å². The molecule has 1 aromatic heterocycles. The Morgan fingerprint density at radius 3 is 3.18 bits per heavy atom. The van der Waals surface area contributed by atoms with Crippen molar-refractivity contribution in [3.8, 4) is 0 Å². The third-order valence-electron chi connectivity index (χ3n) is 3.57. The van der Waals surface area contributed by atoms with E-state index in [1.807, 2.05) is 19.4 Å². The van der Waals surface area contributed by atoms with Crippen LogP contribution in [0.2, 0.25) is 0 Å². The molecule has 96 valence electrons. The van der Waals surface area contributed by atoms with E-state index in [2.05, 4.69) is 14.9 Å². The first-order valence-electron chi connectivity index (χ1n) is 6.21. The highest BCUT2D eigenvalue weighted by molar-refractivity contribution is 7.84. The molecule has 1 aromatic rings. The molecule has 2 rings (SSSR count). The summed E-state index contributed by atoms with van der Waals surface area (Å²) in [4.78, 5) is 4.25. The van der Waals surface area contributed by atoms with E-state index in [1.165, 1.54) is 12.1 Å². The van der Waals surface area contributed by atoms with Crippen LogP contribution < -0.4 is 5.32 Å². The fourth-order valence-corrected chi connectivity index (χ4v) is 2.69. The molecular weight excluding hydrogens is 234 g/mol. The Morgan fingerprint density at radius 2 is 2.53 bits per heavy atom. The van der Waals surface area contributed by atoms with Crippen LogP contribution in [0, 0.1) is 0 Å². The van der Waals surface area contributed by atoms with E-state index in [1.54, 1.807) is 6.26 Å². The van der Waals surface area contributed by atoms with Crippen molar-refractivity contribution in [2.75, 3.05) is 19.3 Å². The predicted molar refractivity (Wildman–Crippen MR) is 70.6 cm³/mol. The van der Waals surface area contributed by atoms with Gasteiger partial charge in [-0.1, -0.05) is 6.92 Å². The molecule has 5 heteroatoms. The Kier molecular flexibility index (Phi) is 4.34. The first-order valence-corrected chi connectivity index (χ1v) is 7.83. The van der Waals surface area contributed by atoms with Crippen LogP contribution in [0.1, 0.15) is 31.4 Å². The molecule has 0 aromatic carbocycles. The Hall–Kier alpha value is -0.680. The molecule has 0 bridgehead atoms. The van der Waals surface area contributed by atoms with Gasteiger partial charge in [0, 0.05) is 53.2 Å². The molecular formula is C12H21N3OS. The molecule has 3 unspecified atom stereocenters. The number of nitrogens with zero attached hydrogens (tertiary/aromatic N) is 2. The van der Waals surface area contributed by atoms with Gasteiger partial charge in [-0.2, -0.15) is 0 Å². The lowest BCUT2D eigenvalue weighted by molar-refractivity contribution is 0.577. The molecule has 0 saturated carbocycles. The summed E-state index contributed by atoms with van der Waals surface area (Å²) in [6, 6.07) is 0. The van der Waals surface area contributed by atoms with Crippen LogP contribution in [0.3, 0.4) is 0 Å². The largest absolute Gasteiger partial charge is 0.334 e. The topological polar surface area (TPSA) is 46.9 Å². The lowest BCUT2D eigenvalue weighted by atomic mass is 10.1. The lowest BCUT2D eigenvalue weighted by Gasteiger charge is -2.14. The number of imidazole rings is 1. The van der Waals surface area contributed by atoms with Crippen LogP contribution in [-0.2, 0) is 17.3 Å². The van der Waals surface area contributed by atoms with Crippen LogP contribution in [0.15, 0.2) is 12.5 Å². The van der Waals surface area contributed by atoms with E-state index in [0.717, 1.165) is 26.1 Å². The Labute approximate surface area is 105 Å². The van der Waals surface area contributed by atoms with E-state index in [0.29, 0.717) is 5.92 Å². The Bertz CT molecular complexity index is 385. The fraction of sp³-hybridized carbons (Fsp3) is 0.750. The smallest absolute Gasteiger partial charge is 0.0948 e. The molecule has 0 aliphatic carbocycles. The number of hydrogen-bond donors (Lipinski definition) is 1.